The van der Waals surface area contributed by atoms with Crippen molar-refractivity contribution in [2.75, 3.05) is 12.0 Å². The van der Waals surface area contributed by atoms with Crippen LogP contribution in [0.25, 0.3) is 5.76 Å². The summed E-state index contributed by atoms with van der Waals surface area (Å²) in [6, 6.07) is 24.8. The van der Waals surface area contributed by atoms with E-state index in [9.17, 15) is 19.8 Å². The Morgan fingerprint density at radius 3 is 2.42 bits per heavy atom. The summed E-state index contributed by atoms with van der Waals surface area (Å²) in [6.07, 6.45) is 0. The summed E-state index contributed by atoms with van der Waals surface area (Å²) in [7, 11) is 1.40. The predicted octanol–water partition coefficient (Wildman–Crippen LogP) is 8.13. The van der Waals surface area contributed by atoms with Gasteiger partial charge in [0.1, 0.15) is 18.1 Å². The zero-order chi connectivity index (χ0) is 33.9. The summed E-state index contributed by atoms with van der Waals surface area (Å²) < 4.78 is 12.2. The number of aryl methyl sites for hydroxylation is 2. The van der Waals surface area contributed by atoms with E-state index in [1.54, 1.807) is 30.3 Å². The number of aromatic nitrogens is 2. The molecule has 0 bridgehead atoms. The lowest BCUT2D eigenvalue weighted by Crippen LogP contribution is -2.29. The number of aliphatic hydroxyl groups is 1. The molecule has 6 rings (SSSR count). The highest BCUT2D eigenvalue weighted by atomic mass is 79.9. The van der Waals surface area contributed by atoms with Gasteiger partial charge in [-0.15, -0.1) is 10.2 Å². The topological polar surface area (TPSA) is 122 Å². The third-order valence-corrected chi connectivity index (χ3v) is 10.5. The molecule has 12 heteroatoms. The second-order valence-electron chi connectivity index (χ2n) is 11.1. The van der Waals surface area contributed by atoms with Crippen molar-refractivity contribution in [1.82, 2.24) is 10.2 Å². The lowest BCUT2D eigenvalue weighted by atomic mass is 9.95. The molecule has 48 heavy (non-hydrogen) atoms. The second kappa shape index (κ2) is 14.2. The van der Waals surface area contributed by atoms with E-state index in [1.165, 1.54) is 41.2 Å². The van der Waals surface area contributed by atoms with Gasteiger partial charge < -0.3 is 19.7 Å². The van der Waals surface area contributed by atoms with Gasteiger partial charge in [-0.25, -0.2) is 0 Å². The van der Waals surface area contributed by atoms with Crippen molar-refractivity contribution in [2.45, 2.75) is 36.6 Å². The molecule has 0 spiro atoms. The standard InChI is InChI=1S/C36H30BrN3O6S2/c1-20-7-9-22(10-8-20)19-47-36-39-38-35(48-36)40-30(25-16-27(37)32(42)28(17-25)45-3)29(33(43)34(40)44)31(41)24-11-13-26(14-12-24)46-18-23-6-4-5-21(2)15-23/h4-17,30,41-42H,18-19H2,1-3H3. The van der Waals surface area contributed by atoms with Crippen LogP contribution in [0.4, 0.5) is 5.13 Å². The number of benzene rings is 4. The number of rotatable bonds is 10. The molecule has 244 valence electrons. The number of halogens is 1. The van der Waals surface area contributed by atoms with Gasteiger partial charge in [-0.2, -0.15) is 0 Å². The minimum absolute atomic E-state index is 0.117. The molecule has 0 radical (unpaired) electrons. The summed E-state index contributed by atoms with van der Waals surface area (Å²) in [5.41, 5.74) is 5.00. The van der Waals surface area contributed by atoms with E-state index in [4.69, 9.17) is 9.47 Å². The van der Waals surface area contributed by atoms with Gasteiger partial charge in [-0.1, -0.05) is 82.8 Å². The fourth-order valence-electron chi connectivity index (χ4n) is 5.27. The van der Waals surface area contributed by atoms with Crippen molar-refractivity contribution >= 4 is 61.6 Å². The molecule has 1 aliphatic rings. The van der Waals surface area contributed by atoms with Crippen molar-refractivity contribution in [1.29, 1.82) is 0 Å². The van der Waals surface area contributed by atoms with Gasteiger partial charge in [0, 0.05) is 11.3 Å². The Kier molecular flexibility index (Phi) is 9.86. The van der Waals surface area contributed by atoms with Gasteiger partial charge in [0.05, 0.1) is 23.2 Å². The van der Waals surface area contributed by atoms with Gasteiger partial charge in [0.15, 0.2) is 15.8 Å². The molecule has 1 fully saturated rings. The number of amides is 1. The SMILES string of the molecule is COc1cc(C2C(=C(O)c3ccc(OCc4cccc(C)c4)cc3)C(=O)C(=O)N2c2nnc(SCc3ccc(C)cc3)s2)cc(Br)c1O. The highest BCUT2D eigenvalue weighted by molar-refractivity contribution is 9.10. The highest BCUT2D eigenvalue weighted by Gasteiger charge is 2.48. The van der Waals surface area contributed by atoms with Crippen LogP contribution in [0.15, 0.2) is 99.3 Å². The van der Waals surface area contributed by atoms with E-state index < -0.39 is 17.7 Å². The molecule has 1 amide bonds. The van der Waals surface area contributed by atoms with Crippen LogP contribution in [0.3, 0.4) is 0 Å². The second-order valence-corrected chi connectivity index (χ2v) is 14.2. The quantitative estimate of drug-likeness (QED) is 0.0480. The smallest absolute Gasteiger partial charge is 0.301 e. The zero-order valence-electron chi connectivity index (χ0n) is 26.1. The Morgan fingerprint density at radius 2 is 1.71 bits per heavy atom. The van der Waals surface area contributed by atoms with E-state index in [0.29, 0.717) is 33.6 Å². The summed E-state index contributed by atoms with van der Waals surface area (Å²) >= 11 is 5.98. The number of phenolic OH excluding ortho intramolecular Hbond substituents is 1. The largest absolute Gasteiger partial charge is 0.507 e. The molecule has 1 atom stereocenters. The van der Waals surface area contributed by atoms with Crippen LogP contribution >= 0.6 is 39.0 Å². The van der Waals surface area contributed by atoms with Gasteiger partial charge in [0.25, 0.3) is 5.78 Å². The third-order valence-electron chi connectivity index (χ3n) is 7.73. The molecule has 1 unspecified atom stereocenters. The van der Waals surface area contributed by atoms with Crippen LogP contribution in [-0.4, -0.2) is 39.2 Å². The average molecular weight is 745 g/mol. The van der Waals surface area contributed by atoms with Crippen molar-refractivity contribution in [2.24, 2.45) is 0 Å². The maximum Gasteiger partial charge on any atom is 0.301 e. The minimum atomic E-state index is -1.10. The first-order valence-electron chi connectivity index (χ1n) is 14.8. The van der Waals surface area contributed by atoms with E-state index in [2.05, 4.69) is 26.1 Å². The molecule has 5 aromatic rings. The van der Waals surface area contributed by atoms with Gasteiger partial charge in [-0.3, -0.25) is 14.5 Å². The lowest BCUT2D eigenvalue weighted by Gasteiger charge is -2.23. The number of nitrogens with zero attached hydrogens (tertiary/aromatic N) is 3. The molecule has 1 aromatic heterocycles. The molecular weight excluding hydrogens is 714 g/mol. The number of carbonyl (C=O) groups is 2. The number of hydrogen-bond acceptors (Lipinski definition) is 10. The first-order valence-corrected chi connectivity index (χ1v) is 17.4. The number of carbonyl (C=O) groups excluding carboxylic acids is 2. The van der Waals surface area contributed by atoms with Crippen molar-refractivity contribution in [3.63, 3.8) is 0 Å². The fourth-order valence-corrected chi connectivity index (χ4v) is 7.56. The average Bonchev–Trinajstić information content (AvgIpc) is 3.66. The predicted molar refractivity (Wildman–Crippen MR) is 190 cm³/mol. The third kappa shape index (κ3) is 6.96. The molecule has 1 aliphatic heterocycles. The monoisotopic (exact) mass is 743 g/mol. The number of aliphatic hydroxyl groups excluding tert-OH is 1. The van der Waals surface area contributed by atoms with Crippen LogP contribution in [0, 0.1) is 13.8 Å². The maximum atomic E-state index is 13.7. The van der Waals surface area contributed by atoms with Crippen molar-refractivity contribution in [3.05, 3.63) is 128 Å². The molecule has 2 N–H and O–H groups in total. The van der Waals surface area contributed by atoms with Crippen LogP contribution in [0.2, 0.25) is 0 Å². The number of phenols is 1. The van der Waals surface area contributed by atoms with E-state index >= 15 is 0 Å². The Bertz CT molecular complexity index is 2030. The highest BCUT2D eigenvalue weighted by Crippen LogP contribution is 2.47. The molecule has 0 saturated carbocycles. The van der Waals surface area contributed by atoms with Crippen LogP contribution in [-0.2, 0) is 21.9 Å². The summed E-state index contributed by atoms with van der Waals surface area (Å²) in [5, 5.41) is 30.9. The summed E-state index contributed by atoms with van der Waals surface area (Å²) in [6.45, 7) is 4.40. The first-order chi connectivity index (χ1) is 23.1. The number of anilines is 1. The van der Waals surface area contributed by atoms with Gasteiger partial charge in [-0.05, 0) is 82.9 Å². The van der Waals surface area contributed by atoms with E-state index in [-0.39, 0.29) is 32.4 Å². The normalized spacial score (nSPS) is 15.6. The number of hydrogen-bond donors (Lipinski definition) is 2. The Balaban J connectivity index is 1.34. The Labute approximate surface area is 294 Å². The maximum absolute atomic E-state index is 13.7. The number of aromatic hydroxyl groups is 1. The van der Waals surface area contributed by atoms with Gasteiger partial charge in [0.2, 0.25) is 5.13 Å². The summed E-state index contributed by atoms with van der Waals surface area (Å²) in [4.78, 5) is 28.7. The molecule has 0 aliphatic carbocycles. The van der Waals surface area contributed by atoms with Crippen molar-refractivity contribution in [3.8, 4) is 17.2 Å². The number of ether oxygens (including phenoxy) is 2. The first kappa shape index (κ1) is 33.3. The van der Waals surface area contributed by atoms with E-state index in [1.807, 2.05) is 62.4 Å². The van der Waals surface area contributed by atoms with Crippen LogP contribution < -0.4 is 14.4 Å². The van der Waals surface area contributed by atoms with Crippen LogP contribution in [0.5, 0.6) is 17.2 Å². The lowest BCUT2D eigenvalue weighted by molar-refractivity contribution is -0.132. The van der Waals surface area contributed by atoms with Gasteiger partial charge >= 0.3 is 5.91 Å². The summed E-state index contributed by atoms with van der Waals surface area (Å²) in [5.74, 6) is -0.936. The Morgan fingerprint density at radius 1 is 0.958 bits per heavy atom. The molecule has 2 heterocycles. The fraction of sp³-hybridized carbons (Fsp3) is 0.167. The Hall–Kier alpha value is -4.65. The molecular formula is C36H30BrN3O6S2. The number of Topliss-reactive ketones (excluding diaryl/α,β-unsaturated/α-hetero) is 1. The minimum Gasteiger partial charge on any atom is -0.507 e. The van der Waals surface area contributed by atoms with Crippen LogP contribution in [0.1, 0.15) is 39.4 Å². The zero-order valence-corrected chi connectivity index (χ0v) is 29.4. The number of methoxy groups -OCH3 is 1. The number of ketones is 1. The molecule has 1 saturated heterocycles. The molecule has 4 aromatic carbocycles. The molecule has 9 nitrogen and oxygen atoms in total. The van der Waals surface area contributed by atoms with E-state index in [0.717, 1.165) is 22.3 Å². The van der Waals surface area contributed by atoms with Crippen molar-refractivity contribution < 1.29 is 29.3 Å². The number of thioether (sulfide) groups is 1.